The van der Waals surface area contributed by atoms with Crippen LogP contribution < -0.4 is 10.7 Å². The molecule has 8 nitrogen and oxygen atoms in total. The number of likely N-dealkylation sites (N-methyl/N-ethyl adjacent to an activating group) is 1. The van der Waals surface area contributed by atoms with Crippen molar-refractivity contribution < 1.29 is 28.6 Å². The van der Waals surface area contributed by atoms with Crippen molar-refractivity contribution in [3.05, 3.63) is 58.1 Å². The van der Waals surface area contributed by atoms with Crippen molar-refractivity contribution in [3.63, 3.8) is 0 Å². The maximum Gasteiger partial charge on any atom is 0.257 e. The number of aliphatic hydroxyl groups excluding tert-OH is 2. The Kier molecular flexibility index (Phi) is 8.74. The molecule has 2 rings (SSSR count). The van der Waals surface area contributed by atoms with E-state index in [4.69, 9.17) is 0 Å². The van der Waals surface area contributed by atoms with Crippen molar-refractivity contribution >= 4 is 18.0 Å². The second-order valence-electron chi connectivity index (χ2n) is 7.46. The maximum absolute atomic E-state index is 13.8. The Labute approximate surface area is 185 Å². The summed E-state index contributed by atoms with van der Waals surface area (Å²) in [7, 11) is 0. The number of nitrogens with one attached hydrogen (secondary N) is 2. The number of halogens is 2. The highest BCUT2D eigenvalue weighted by molar-refractivity contribution is 6.13. The van der Waals surface area contributed by atoms with Crippen LogP contribution in [0, 0.1) is 17.6 Å². The minimum Gasteiger partial charge on any atom is -0.504 e. The Morgan fingerprint density at radius 1 is 1.28 bits per heavy atom. The van der Waals surface area contributed by atoms with E-state index in [0.29, 0.717) is 12.6 Å². The molecule has 1 aliphatic rings. The van der Waals surface area contributed by atoms with Crippen molar-refractivity contribution in [1.29, 1.82) is 0 Å². The lowest BCUT2D eigenvalue weighted by molar-refractivity contribution is -0.128. The van der Waals surface area contributed by atoms with Gasteiger partial charge in [0.2, 0.25) is 0 Å². The van der Waals surface area contributed by atoms with Crippen molar-refractivity contribution in [2.24, 2.45) is 11.0 Å². The van der Waals surface area contributed by atoms with Gasteiger partial charge in [0.15, 0.2) is 11.5 Å². The third-order valence-electron chi connectivity index (χ3n) is 5.19. The molecule has 1 unspecified atom stereocenters. The third-order valence-corrected chi connectivity index (χ3v) is 5.19. The smallest absolute Gasteiger partial charge is 0.257 e. The van der Waals surface area contributed by atoms with Crippen LogP contribution in [0.25, 0.3) is 0 Å². The fraction of sp³-hybridized carbons (Fsp3) is 0.409. The molecule has 1 aromatic carbocycles. The Morgan fingerprint density at radius 2 is 2.00 bits per heavy atom. The standard InChI is InChI=1S/C22H28F2N4O4/c1-4-13(3)8-16-19(29)20(30)17(11-26-27-12-28(5-2)22(16)32)21(31)25-10-14-6-7-15(23)9-18(14)24/h6-7,9,11,13,27,29-30H,4-5,8,10,12H2,1-3H3,(H,25,31)/b19-16-,20-17?,26-11?. The van der Waals surface area contributed by atoms with Gasteiger partial charge < -0.3 is 20.4 Å². The van der Waals surface area contributed by atoms with E-state index in [1.165, 1.54) is 11.0 Å². The van der Waals surface area contributed by atoms with Gasteiger partial charge in [0.05, 0.1) is 11.8 Å². The molecule has 32 heavy (non-hydrogen) atoms. The van der Waals surface area contributed by atoms with E-state index >= 15 is 0 Å². The normalized spacial score (nSPS) is 18.4. The predicted octanol–water partition coefficient (Wildman–Crippen LogP) is 3.04. The number of nitrogens with zero attached hydrogens (tertiary/aromatic N) is 2. The summed E-state index contributed by atoms with van der Waals surface area (Å²) in [5, 5.41) is 27.6. The molecule has 0 aromatic heterocycles. The SMILES string of the molecule is CCC(C)C/C1=C(/O)C(O)=C(C(=O)NCc2ccc(F)cc2F)C=NNCN(CC)C1=O. The van der Waals surface area contributed by atoms with Crippen molar-refractivity contribution in [2.45, 2.75) is 40.2 Å². The molecule has 174 valence electrons. The zero-order valence-corrected chi connectivity index (χ0v) is 18.3. The third kappa shape index (κ3) is 6.05. The summed E-state index contributed by atoms with van der Waals surface area (Å²) < 4.78 is 26.9. The Morgan fingerprint density at radius 3 is 2.62 bits per heavy atom. The maximum atomic E-state index is 13.8. The van der Waals surface area contributed by atoms with Crippen LogP contribution in [0.2, 0.25) is 0 Å². The molecule has 1 atom stereocenters. The summed E-state index contributed by atoms with van der Waals surface area (Å²) >= 11 is 0. The topological polar surface area (TPSA) is 114 Å². The summed E-state index contributed by atoms with van der Waals surface area (Å²) in [6.07, 6.45) is 1.93. The van der Waals surface area contributed by atoms with Gasteiger partial charge in [-0.1, -0.05) is 26.3 Å². The largest absolute Gasteiger partial charge is 0.504 e. The summed E-state index contributed by atoms with van der Waals surface area (Å²) in [5.74, 6) is -4.45. The first-order valence-corrected chi connectivity index (χ1v) is 10.3. The van der Waals surface area contributed by atoms with E-state index in [0.717, 1.165) is 18.7 Å². The van der Waals surface area contributed by atoms with Crippen molar-refractivity contribution in [3.8, 4) is 0 Å². The number of hydrogen-bond donors (Lipinski definition) is 4. The van der Waals surface area contributed by atoms with E-state index in [-0.39, 0.29) is 36.7 Å². The van der Waals surface area contributed by atoms with Gasteiger partial charge in [-0.2, -0.15) is 5.10 Å². The summed E-state index contributed by atoms with van der Waals surface area (Å²) in [6.45, 7) is 5.65. The number of hydrazone groups is 1. The van der Waals surface area contributed by atoms with Crippen LogP contribution in [-0.4, -0.2) is 46.4 Å². The van der Waals surface area contributed by atoms with Gasteiger partial charge in [-0.3, -0.25) is 15.0 Å². The lowest BCUT2D eigenvalue weighted by atomic mass is 9.95. The van der Waals surface area contributed by atoms with Crippen LogP contribution in [-0.2, 0) is 16.1 Å². The average Bonchev–Trinajstić information content (AvgIpc) is 2.77. The fourth-order valence-electron chi connectivity index (χ4n) is 2.97. The van der Waals surface area contributed by atoms with Crippen LogP contribution in [0.15, 0.2) is 46.0 Å². The molecule has 0 fully saturated rings. The number of aliphatic hydroxyl groups is 2. The van der Waals surface area contributed by atoms with Crippen LogP contribution in [0.4, 0.5) is 8.78 Å². The van der Waals surface area contributed by atoms with E-state index in [2.05, 4.69) is 15.8 Å². The number of carbonyl (C=O) groups excluding carboxylic acids is 2. The number of hydrogen-bond acceptors (Lipinski definition) is 6. The summed E-state index contributed by atoms with van der Waals surface area (Å²) in [6, 6.07) is 2.92. The van der Waals surface area contributed by atoms with Crippen LogP contribution in [0.3, 0.4) is 0 Å². The van der Waals surface area contributed by atoms with Crippen LogP contribution in [0.1, 0.15) is 39.2 Å². The number of rotatable bonds is 7. The van der Waals surface area contributed by atoms with Gasteiger partial charge in [-0.05, 0) is 25.3 Å². The summed E-state index contributed by atoms with van der Waals surface area (Å²) in [4.78, 5) is 27.0. The minimum absolute atomic E-state index is 0.0225. The van der Waals surface area contributed by atoms with E-state index in [1.807, 2.05) is 13.8 Å². The molecule has 0 aliphatic carbocycles. The molecular weight excluding hydrogens is 422 g/mol. The van der Waals surface area contributed by atoms with Gasteiger partial charge in [0, 0.05) is 24.7 Å². The Hall–Kier alpha value is -3.43. The Bertz CT molecular complexity index is 959. The number of benzene rings is 1. The predicted molar refractivity (Wildman–Crippen MR) is 115 cm³/mol. The minimum atomic E-state index is -0.869. The molecule has 4 N–H and O–H groups in total. The first-order chi connectivity index (χ1) is 15.2. The molecule has 1 aromatic rings. The highest BCUT2D eigenvalue weighted by Gasteiger charge is 2.27. The molecule has 0 bridgehead atoms. The molecule has 1 aliphatic heterocycles. The molecular formula is C22H28F2N4O4. The molecule has 0 saturated carbocycles. The fourth-order valence-corrected chi connectivity index (χ4v) is 2.97. The van der Waals surface area contributed by atoms with E-state index in [9.17, 15) is 28.6 Å². The monoisotopic (exact) mass is 450 g/mol. The lowest BCUT2D eigenvalue weighted by Crippen LogP contribution is -2.39. The molecule has 0 radical (unpaired) electrons. The van der Waals surface area contributed by atoms with Gasteiger partial charge in [0.1, 0.15) is 23.9 Å². The second-order valence-corrected chi connectivity index (χ2v) is 7.46. The lowest BCUT2D eigenvalue weighted by Gasteiger charge is -2.24. The van der Waals surface area contributed by atoms with E-state index < -0.39 is 40.5 Å². The molecule has 0 saturated heterocycles. The quantitative estimate of drug-likeness (QED) is 0.510. The Balaban J connectivity index is 2.42. The molecule has 10 heteroatoms. The van der Waals surface area contributed by atoms with E-state index in [1.54, 1.807) is 6.92 Å². The molecule has 2 amide bonds. The highest BCUT2D eigenvalue weighted by Crippen LogP contribution is 2.24. The number of amides is 2. The second kappa shape index (κ2) is 11.3. The van der Waals surface area contributed by atoms with Crippen molar-refractivity contribution in [2.75, 3.05) is 13.2 Å². The van der Waals surface area contributed by atoms with Gasteiger partial charge in [0.25, 0.3) is 11.8 Å². The van der Waals surface area contributed by atoms with Crippen LogP contribution in [0.5, 0.6) is 0 Å². The van der Waals surface area contributed by atoms with Crippen molar-refractivity contribution in [1.82, 2.24) is 15.6 Å². The number of carbonyl (C=O) groups is 2. The highest BCUT2D eigenvalue weighted by atomic mass is 19.1. The molecule has 0 spiro atoms. The first kappa shape index (κ1) is 24.8. The zero-order valence-electron chi connectivity index (χ0n) is 18.3. The van der Waals surface area contributed by atoms with Gasteiger partial charge >= 0.3 is 0 Å². The zero-order chi connectivity index (χ0) is 23.8. The van der Waals surface area contributed by atoms with Crippen LogP contribution >= 0.6 is 0 Å². The van der Waals surface area contributed by atoms with Gasteiger partial charge in [-0.15, -0.1) is 0 Å². The summed E-state index contributed by atoms with van der Waals surface area (Å²) in [5.41, 5.74) is 2.21. The molecule has 1 heterocycles. The first-order valence-electron chi connectivity index (χ1n) is 10.3. The average molecular weight is 450 g/mol. The van der Waals surface area contributed by atoms with Gasteiger partial charge in [-0.25, -0.2) is 8.78 Å².